The first-order chi connectivity index (χ1) is 11.1. The van der Waals surface area contributed by atoms with Crippen LogP contribution in [0.2, 0.25) is 0 Å². The van der Waals surface area contributed by atoms with Crippen LogP contribution < -0.4 is 4.72 Å². The summed E-state index contributed by atoms with van der Waals surface area (Å²) in [5.41, 5.74) is 1.83. The number of hydrogen-bond donors (Lipinski definition) is 1. The molecule has 118 valence electrons. The van der Waals surface area contributed by atoms with E-state index in [9.17, 15) is 8.42 Å². The van der Waals surface area contributed by atoms with Gasteiger partial charge in [-0.2, -0.15) is 4.72 Å². The first-order valence-corrected chi connectivity index (χ1v) is 8.72. The van der Waals surface area contributed by atoms with E-state index in [1.165, 1.54) is 6.26 Å². The maximum Gasteiger partial charge on any atom is 0.241 e. The predicted octanol–water partition coefficient (Wildman–Crippen LogP) is 3.66. The molecule has 1 atom stereocenters. The lowest BCUT2D eigenvalue weighted by Crippen LogP contribution is -2.29. The van der Waals surface area contributed by atoms with Crippen LogP contribution >= 0.6 is 0 Å². The van der Waals surface area contributed by atoms with Crippen LogP contribution in [-0.2, 0) is 10.0 Å². The molecule has 3 rings (SSSR count). The van der Waals surface area contributed by atoms with Crippen LogP contribution in [0, 0.1) is 6.92 Å². The lowest BCUT2D eigenvalue weighted by atomic mass is 10.1. The first kappa shape index (κ1) is 15.5. The standard InChI is InChI=1S/C18H17NO3S/c1-14-9-11-16(12-10-14)23(20,21)19-18(17-8-5-13-22-17)15-6-3-2-4-7-15/h2-13,18-19H,1H3. The highest BCUT2D eigenvalue weighted by Crippen LogP contribution is 2.25. The molecule has 2 aromatic carbocycles. The molecule has 0 radical (unpaired) electrons. The monoisotopic (exact) mass is 327 g/mol. The maximum atomic E-state index is 12.7. The van der Waals surface area contributed by atoms with E-state index in [0.29, 0.717) is 5.76 Å². The van der Waals surface area contributed by atoms with E-state index >= 15 is 0 Å². The van der Waals surface area contributed by atoms with Gasteiger partial charge in [0.1, 0.15) is 11.8 Å². The van der Waals surface area contributed by atoms with Crippen molar-refractivity contribution in [3.05, 3.63) is 89.9 Å². The van der Waals surface area contributed by atoms with E-state index in [0.717, 1.165) is 11.1 Å². The zero-order chi connectivity index (χ0) is 16.3. The van der Waals surface area contributed by atoms with Crippen LogP contribution in [0.4, 0.5) is 0 Å². The molecule has 0 saturated heterocycles. The lowest BCUT2D eigenvalue weighted by molar-refractivity contribution is 0.471. The van der Waals surface area contributed by atoms with E-state index in [1.54, 1.807) is 36.4 Å². The molecule has 0 saturated carbocycles. The van der Waals surface area contributed by atoms with Gasteiger partial charge in [0.15, 0.2) is 0 Å². The number of hydrogen-bond acceptors (Lipinski definition) is 3. The molecule has 1 aromatic heterocycles. The average Bonchev–Trinajstić information content (AvgIpc) is 3.08. The zero-order valence-corrected chi connectivity index (χ0v) is 13.5. The van der Waals surface area contributed by atoms with Crippen LogP contribution in [0.15, 0.2) is 82.3 Å². The summed E-state index contributed by atoms with van der Waals surface area (Å²) in [6, 6.07) is 19.0. The summed E-state index contributed by atoms with van der Waals surface area (Å²) in [5, 5.41) is 0. The highest BCUT2D eigenvalue weighted by Gasteiger charge is 2.24. The minimum absolute atomic E-state index is 0.232. The fourth-order valence-corrected chi connectivity index (χ4v) is 3.53. The molecule has 0 aliphatic rings. The van der Waals surface area contributed by atoms with Gasteiger partial charge in [0.05, 0.1) is 11.2 Å². The number of sulfonamides is 1. The molecule has 5 heteroatoms. The maximum absolute atomic E-state index is 12.7. The molecule has 3 aromatic rings. The van der Waals surface area contributed by atoms with Gasteiger partial charge in [0.2, 0.25) is 10.0 Å². The van der Waals surface area contributed by atoms with Gasteiger partial charge in [-0.15, -0.1) is 0 Å². The molecule has 0 amide bonds. The predicted molar refractivity (Wildman–Crippen MR) is 88.5 cm³/mol. The summed E-state index contributed by atoms with van der Waals surface area (Å²) in [5.74, 6) is 0.548. The van der Waals surface area contributed by atoms with Gasteiger partial charge >= 0.3 is 0 Å². The summed E-state index contributed by atoms with van der Waals surface area (Å²) >= 11 is 0. The Morgan fingerprint density at radius 3 is 2.22 bits per heavy atom. The number of benzene rings is 2. The third kappa shape index (κ3) is 3.52. The summed E-state index contributed by atoms with van der Waals surface area (Å²) in [6.07, 6.45) is 1.53. The average molecular weight is 327 g/mol. The molecule has 1 unspecified atom stereocenters. The van der Waals surface area contributed by atoms with Gasteiger partial charge in [0.25, 0.3) is 0 Å². The fourth-order valence-electron chi connectivity index (χ4n) is 2.33. The van der Waals surface area contributed by atoms with Crippen molar-refractivity contribution in [1.29, 1.82) is 0 Å². The molecule has 0 aliphatic heterocycles. The molecule has 0 spiro atoms. The number of aryl methyl sites for hydroxylation is 1. The van der Waals surface area contributed by atoms with Crippen molar-refractivity contribution in [2.45, 2.75) is 17.9 Å². The Bertz CT molecular complexity index is 854. The van der Waals surface area contributed by atoms with Crippen LogP contribution in [0.25, 0.3) is 0 Å². The number of rotatable bonds is 5. The fraction of sp³-hybridized carbons (Fsp3) is 0.111. The Balaban J connectivity index is 1.97. The zero-order valence-electron chi connectivity index (χ0n) is 12.6. The van der Waals surface area contributed by atoms with Gasteiger partial charge in [-0.05, 0) is 36.8 Å². The van der Waals surface area contributed by atoms with Crippen molar-refractivity contribution in [3.8, 4) is 0 Å². The largest absolute Gasteiger partial charge is 0.467 e. The second-order valence-corrected chi connectivity index (χ2v) is 7.01. The van der Waals surface area contributed by atoms with E-state index in [-0.39, 0.29) is 4.90 Å². The third-order valence-electron chi connectivity index (χ3n) is 3.56. The van der Waals surface area contributed by atoms with Gasteiger partial charge in [-0.3, -0.25) is 0 Å². The SMILES string of the molecule is Cc1ccc(S(=O)(=O)NC(c2ccccc2)c2ccco2)cc1. The van der Waals surface area contributed by atoms with Gasteiger partial charge in [0, 0.05) is 0 Å². The third-order valence-corrected chi connectivity index (χ3v) is 5.00. The van der Waals surface area contributed by atoms with Crippen LogP contribution in [-0.4, -0.2) is 8.42 Å². The molecule has 0 fully saturated rings. The summed E-state index contributed by atoms with van der Waals surface area (Å²) in [4.78, 5) is 0.232. The van der Waals surface area contributed by atoms with E-state index in [2.05, 4.69) is 4.72 Å². The Labute approximate surface area is 135 Å². The Kier molecular flexibility index (Phi) is 4.32. The quantitative estimate of drug-likeness (QED) is 0.778. The lowest BCUT2D eigenvalue weighted by Gasteiger charge is -2.17. The summed E-state index contributed by atoms with van der Waals surface area (Å²) in [7, 11) is -3.66. The molecule has 0 bridgehead atoms. The normalized spacial score (nSPS) is 12.9. The van der Waals surface area contributed by atoms with Gasteiger partial charge in [-0.25, -0.2) is 8.42 Å². The van der Waals surface area contributed by atoms with Crippen molar-refractivity contribution in [1.82, 2.24) is 4.72 Å². The van der Waals surface area contributed by atoms with Crippen molar-refractivity contribution in [2.24, 2.45) is 0 Å². The smallest absolute Gasteiger partial charge is 0.241 e. The number of nitrogens with one attached hydrogen (secondary N) is 1. The highest BCUT2D eigenvalue weighted by molar-refractivity contribution is 7.89. The van der Waals surface area contributed by atoms with Crippen molar-refractivity contribution < 1.29 is 12.8 Å². The topological polar surface area (TPSA) is 59.3 Å². The van der Waals surface area contributed by atoms with Crippen LogP contribution in [0.3, 0.4) is 0 Å². The highest BCUT2D eigenvalue weighted by atomic mass is 32.2. The minimum atomic E-state index is -3.66. The Hall–Kier alpha value is -2.37. The number of furan rings is 1. The van der Waals surface area contributed by atoms with Crippen molar-refractivity contribution in [3.63, 3.8) is 0 Å². The summed E-state index contributed by atoms with van der Waals surface area (Å²) in [6.45, 7) is 1.92. The van der Waals surface area contributed by atoms with Gasteiger partial charge < -0.3 is 4.42 Å². The second kappa shape index (κ2) is 6.40. The van der Waals surface area contributed by atoms with Crippen molar-refractivity contribution in [2.75, 3.05) is 0 Å². The second-order valence-electron chi connectivity index (χ2n) is 5.29. The van der Waals surface area contributed by atoms with E-state index in [4.69, 9.17) is 4.42 Å². The van der Waals surface area contributed by atoms with Crippen LogP contribution in [0.1, 0.15) is 22.9 Å². The molecular formula is C18H17NO3S. The Morgan fingerprint density at radius 1 is 0.913 bits per heavy atom. The van der Waals surface area contributed by atoms with Crippen molar-refractivity contribution >= 4 is 10.0 Å². The molecule has 4 nitrogen and oxygen atoms in total. The van der Waals surface area contributed by atoms with Gasteiger partial charge in [-0.1, -0.05) is 48.0 Å². The van der Waals surface area contributed by atoms with E-state index < -0.39 is 16.1 Å². The summed E-state index contributed by atoms with van der Waals surface area (Å²) < 4.78 is 33.5. The Morgan fingerprint density at radius 2 is 1.61 bits per heavy atom. The molecular weight excluding hydrogens is 310 g/mol. The molecule has 1 N–H and O–H groups in total. The van der Waals surface area contributed by atoms with Crippen LogP contribution in [0.5, 0.6) is 0 Å². The first-order valence-electron chi connectivity index (χ1n) is 7.23. The molecule has 1 heterocycles. The molecule has 0 aliphatic carbocycles. The molecule has 23 heavy (non-hydrogen) atoms. The van der Waals surface area contributed by atoms with E-state index in [1.807, 2.05) is 37.3 Å². The minimum Gasteiger partial charge on any atom is -0.467 e.